The van der Waals surface area contributed by atoms with Gasteiger partial charge in [-0.1, -0.05) is 18.2 Å². The maximum atomic E-state index is 5.55. The predicted molar refractivity (Wildman–Crippen MR) is 69.9 cm³/mol. The molecule has 2 nitrogen and oxygen atoms in total. The van der Waals surface area contributed by atoms with Crippen LogP contribution in [0.25, 0.3) is 11.0 Å². The van der Waals surface area contributed by atoms with Gasteiger partial charge in [-0.3, -0.25) is 0 Å². The Morgan fingerprint density at radius 2 is 2.06 bits per heavy atom. The zero-order valence-electron chi connectivity index (χ0n) is 10.5. The van der Waals surface area contributed by atoms with Crippen molar-refractivity contribution in [3.8, 4) is 0 Å². The SMILES string of the molecule is CC(C)(NCc1coc2ccccc12)C1CC1. The summed E-state index contributed by atoms with van der Waals surface area (Å²) in [6, 6.07) is 8.22. The number of hydrogen-bond acceptors (Lipinski definition) is 2. The molecule has 1 saturated carbocycles. The molecule has 17 heavy (non-hydrogen) atoms. The highest BCUT2D eigenvalue weighted by Crippen LogP contribution is 2.39. The van der Waals surface area contributed by atoms with E-state index in [2.05, 4.69) is 31.3 Å². The fourth-order valence-corrected chi connectivity index (χ4v) is 2.44. The van der Waals surface area contributed by atoms with Gasteiger partial charge in [-0.2, -0.15) is 0 Å². The first-order valence-electron chi connectivity index (χ1n) is 6.37. The largest absolute Gasteiger partial charge is 0.464 e. The Kier molecular flexibility index (Phi) is 2.48. The van der Waals surface area contributed by atoms with Crippen molar-refractivity contribution in [2.45, 2.75) is 38.8 Å². The van der Waals surface area contributed by atoms with Gasteiger partial charge >= 0.3 is 0 Å². The number of furan rings is 1. The van der Waals surface area contributed by atoms with Gasteiger partial charge in [0.2, 0.25) is 0 Å². The van der Waals surface area contributed by atoms with E-state index in [-0.39, 0.29) is 5.54 Å². The van der Waals surface area contributed by atoms with Crippen LogP contribution in [0.15, 0.2) is 34.9 Å². The minimum atomic E-state index is 0.248. The lowest BCUT2D eigenvalue weighted by atomic mass is 9.98. The van der Waals surface area contributed by atoms with Crippen molar-refractivity contribution in [2.75, 3.05) is 0 Å². The van der Waals surface area contributed by atoms with Crippen LogP contribution in [-0.2, 0) is 6.54 Å². The summed E-state index contributed by atoms with van der Waals surface area (Å²) in [6.45, 7) is 5.49. The smallest absolute Gasteiger partial charge is 0.134 e. The molecule has 1 aliphatic rings. The number of rotatable bonds is 4. The first-order valence-corrected chi connectivity index (χ1v) is 6.37. The molecule has 0 atom stereocenters. The molecule has 0 bridgehead atoms. The summed E-state index contributed by atoms with van der Waals surface area (Å²) in [5.74, 6) is 0.848. The van der Waals surface area contributed by atoms with Gasteiger partial charge in [0, 0.05) is 23.0 Å². The molecule has 1 heterocycles. The van der Waals surface area contributed by atoms with Crippen molar-refractivity contribution in [1.29, 1.82) is 0 Å². The normalized spacial score (nSPS) is 16.6. The van der Waals surface area contributed by atoms with Crippen LogP contribution in [0, 0.1) is 5.92 Å². The van der Waals surface area contributed by atoms with Gasteiger partial charge in [0.05, 0.1) is 6.26 Å². The minimum absolute atomic E-state index is 0.248. The Morgan fingerprint density at radius 3 is 2.82 bits per heavy atom. The van der Waals surface area contributed by atoms with Crippen molar-refractivity contribution in [3.05, 3.63) is 36.1 Å². The Balaban J connectivity index is 1.76. The average Bonchev–Trinajstić information content (AvgIpc) is 3.09. The van der Waals surface area contributed by atoms with Gasteiger partial charge in [-0.05, 0) is 38.7 Å². The van der Waals surface area contributed by atoms with Crippen LogP contribution >= 0.6 is 0 Å². The van der Waals surface area contributed by atoms with Crippen molar-refractivity contribution >= 4 is 11.0 Å². The van der Waals surface area contributed by atoms with Crippen molar-refractivity contribution in [1.82, 2.24) is 5.32 Å². The van der Waals surface area contributed by atoms with Crippen LogP contribution in [-0.4, -0.2) is 5.54 Å². The number of benzene rings is 1. The number of hydrogen-bond donors (Lipinski definition) is 1. The molecule has 0 saturated heterocycles. The average molecular weight is 229 g/mol. The highest BCUT2D eigenvalue weighted by atomic mass is 16.3. The minimum Gasteiger partial charge on any atom is -0.464 e. The standard InChI is InChI=1S/C15H19NO/c1-15(2,12-7-8-12)16-9-11-10-17-14-6-4-3-5-13(11)14/h3-6,10,12,16H,7-9H2,1-2H3. The molecule has 0 amide bonds. The van der Waals surface area contributed by atoms with E-state index < -0.39 is 0 Å². The van der Waals surface area contributed by atoms with Crippen molar-refractivity contribution in [3.63, 3.8) is 0 Å². The lowest BCUT2D eigenvalue weighted by Crippen LogP contribution is -2.40. The van der Waals surface area contributed by atoms with Gasteiger partial charge in [0.1, 0.15) is 5.58 Å². The third-order valence-corrected chi connectivity index (χ3v) is 3.89. The molecular weight excluding hydrogens is 210 g/mol. The first kappa shape index (κ1) is 10.8. The Bertz CT molecular complexity index is 522. The van der Waals surface area contributed by atoms with E-state index in [4.69, 9.17) is 4.42 Å². The third-order valence-electron chi connectivity index (χ3n) is 3.89. The second kappa shape index (κ2) is 3.88. The van der Waals surface area contributed by atoms with E-state index in [0.717, 1.165) is 18.0 Å². The first-order chi connectivity index (χ1) is 8.17. The summed E-state index contributed by atoms with van der Waals surface area (Å²) in [5.41, 5.74) is 2.49. The fourth-order valence-electron chi connectivity index (χ4n) is 2.44. The van der Waals surface area contributed by atoms with Gasteiger partial charge < -0.3 is 9.73 Å². The quantitative estimate of drug-likeness (QED) is 0.864. The molecule has 0 radical (unpaired) electrons. The van der Waals surface area contributed by atoms with Crippen LogP contribution in [0.4, 0.5) is 0 Å². The van der Waals surface area contributed by atoms with E-state index in [1.54, 1.807) is 0 Å². The maximum Gasteiger partial charge on any atom is 0.134 e. The molecule has 0 unspecified atom stereocenters. The van der Waals surface area contributed by atoms with E-state index in [1.807, 2.05) is 18.4 Å². The highest BCUT2D eigenvalue weighted by molar-refractivity contribution is 5.80. The zero-order chi connectivity index (χ0) is 11.9. The molecule has 1 N–H and O–H groups in total. The summed E-state index contributed by atoms with van der Waals surface area (Å²) in [7, 11) is 0. The number of nitrogens with one attached hydrogen (secondary N) is 1. The molecule has 0 spiro atoms. The van der Waals surface area contributed by atoms with Gasteiger partial charge in [0.25, 0.3) is 0 Å². The predicted octanol–water partition coefficient (Wildman–Crippen LogP) is 3.71. The van der Waals surface area contributed by atoms with Crippen LogP contribution in [0.5, 0.6) is 0 Å². The molecule has 2 heteroatoms. The van der Waals surface area contributed by atoms with Gasteiger partial charge in [-0.25, -0.2) is 0 Å². The van der Waals surface area contributed by atoms with E-state index >= 15 is 0 Å². The lowest BCUT2D eigenvalue weighted by Gasteiger charge is -2.26. The molecule has 3 rings (SSSR count). The molecule has 2 aromatic rings. The van der Waals surface area contributed by atoms with Crippen molar-refractivity contribution < 1.29 is 4.42 Å². The summed E-state index contributed by atoms with van der Waals surface area (Å²) in [6.07, 6.45) is 4.61. The Hall–Kier alpha value is -1.28. The van der Waals surface area contributed by atoms with Gasteiger partial charge in [0.15, 0.2) is 0 Å². The van der Waals surface area contributed by atoms with Gasteiger partial charge in [-0.15, -0.1) is 0 Å². The fraction of sp³-hybridized carbons (Fsp3) is 0.467. The van der Waals surface area contributed by atoms with E-state index in [1.165, 1.54) is 23.8 Å². The molecule has 1 fully saturated rings. The number of fused-ring (bicyclic) bond motifs is 1. The molecule has 0 aliphatic heterocycles. The van der Waals surface area contributed by atoms with Crippen LogP contribution in [0.2, 0.25) is 0 Å². The van der Waals surface area contributed by atoms with Crippen LogP contribution in [0.1, 0.15) is 32.3 Å². The molecule has 1 aromatic carbocycles. The van der Waals surface area contributed by atoms with Crippen molar-refractivity contribution in [2.24, 2.45) is 5.92 Å². The Labute approximate surface area is 102 Å². The second-order valence-corrected chi connectivity index (χ2v) is 5.61. The summed E-state index contributed by atoms with van der Waals surface area (Å²) in [5, 5.41) is 4.88. The maximum absolute atomic E-state index is 5.55. The summed E-state index contributed by atoms with van der Waals surface area (Å²) in [4.78, 5) is 0. The molecule has 90 valence electrons. The monoisotopic (exact) mass is 229 g/mol. The summed E-state index contributed by atoms with van der Waals surface area (Å²) < 4.78 is 5.55. The number of para-hydroxylation sites is 1. The zero-order valence-corrected chi connectivity index (χ0v) is 10.5. The molecular formula is C15H19NO. The topological polar surface area (TPSA) is 25.2 Å². The van der Waals surface area contributed by atoms with Crippen LogP contribution < -0.4 is 5.32 Å². The van der Waals surface area contributed by atoms with E-state index in [0.29, 0.717) is 0 Å². The lowest BCUT2D eigenvalue weighted by molar-refractivity contribution is 0.339. The summed E-state index contributed by atoms with van der Waals surface area (Å²) >= 11 is 0. The molecule has 1 aromatic heterocycles. The van der Waals surface area contributed by atoms with Crippen LogP contribution in [0.3, 0.4) is 0 Å². The van der Waals surface area contributed by atoms with E-state index in [9.17, 15) is 0 Å². The second-order valence-electron chi connectivity index (χ2n) is 5.61. The highest BCUT2D eigenvalue weighted by Gasteiger charge is 2.37. The molecule has 1 aliphatic carbocycles. The third kappa shape index (κ3) is 2.09. The Morgan fingerprint density at radius 1 is 1.29 bits per heavy atom.